The van der Waals surface area contributed by atoms with Crippen LogP contribution in [0, 0.1) is 0 Å². The molecule has 0 spiro atoms. The Labute approximate surface area is 115 Å². The predicted molar refractivity (Wildman–Crippen MR) is 79.6 cm³/mol. The predicted octanol–water partition coefficient (Wildman–Crippen LogP) is 3.92. The molecule has 4 heteroatoms. The maximum absolute atomic E-state index is 5.30. The van der Waals surface area contributed by atoms with Gasteiger partial charge in [-0.2, -0.15) is 0 Å². The summed E-state index contributed by atoms with van der Waals surface area (Å²) >= 11 is 0. The molecule has 0 saturated heterocycles. The minimum Gasteiger partial charge on any atom is -0.379 e. The fraction of sp³-hybridized carbons (Fsp3) is 0.0625. The van der Waals surface area contributed by atoms with E-state index in [1.54, 1.807) is 0 Å². The van der Waals surface area contributed by atoms with E-state index in [9.17, 15) is 0 Å². The van der Waals surface area contributed by atoms with Gasteiger partial charge in [0.1, 0.15) is 5.69 Å². The summed E-state index contributed by atoms with van der Waals surface area (Å²) in [5.74, 6) is 0. The van der Waals surface area contributed by atoms with Crippen molar-refractivity contribution in [3.05, 3.63) is 60.4 Å². The van der Waals surface area contributed by atoms with Crippen molar-refractivity contribution in [2.24, 2.45) is 0 Å². The second-order valence-electron chi connectivity index (χ2n) is 4.76. The number of hydrogen-bond donors (Lipinski definition) is 2. The Morgan fingerprint density at radius 3 is 3.05 bits per heavy atom. The number of aromatic nitrogens is 2. The molecule has 2 heterocycles. The summed E-state index contributed by atoms with van der Waals surface area (Å²) in [7, 11) is 0. The van der Waals surface area contributed by atoms with E-state index in [-0.39, 0.29) is 0 Å². The second kappa shape index (κ2) is 4.42. The molecule has 0 amide bonds. The first kappa shape index (κ1) is 11.1. The Morgan fingerprint density at radius 2 is 2.05 bits per heavy atom. The number of hydrogen-bond acceptors (Lipinski definition) is 3. The normalized spacial score (nSPS) is 11.2. The molecular formula is C16H13N3O. The third-order valence-electron chi connectivity index (χ3n) is 3.47. The average molecular weight is 263 g/mol. The van der Waals surface area contributed by atoms with Crippen LogP contribution in [-0.4, -0.2) is 10.1 Å². The van der Waals surface area contributed by atoms with Gasteiger partial charge in [0.2, 0.25) is 0 Å². The van der Waals surface area contributed by atoms with Crippen LogP contribution in [0.15, 0.2) is 59.3 Å². The lowest BCUT2D eigenvalue weighted by molar-refractivity contribution is 0.447. The van der Waals surface area contributed by atoms with Gasteiger partial charge in [0, 0.05) is 22.8 Å². The van der Waals surface area contributed by atoms with E-state index in [4.69, 9.17) is 4.52 Å². The zero-order valence-electron chi connectivity index (χ0n) is 10.8. The number of fused-ring (bicyclic) bond motifs is 2. The van der Waals surface area contributed by atoms with Crippen molar-refractivity contribution in [3.63, 3.8) is 0 Å². The molecule has 20 heavy (non-hydrogen) atoms. The minimum atomic E-state index is 0.642. The topological polar surface area (TPSA) is 53.9 Å². The zero-order valence-corrected chi connectivity index (χ0v) is 10.8. The van der Waals surface area contributed by atoms with Crippen molar-refractivity contribution in [2.45, 2.75) is 6.54 Å². The highest BCUT2D eigenvalue weighted by atomic mass is 16.5. The monoisotopic (exact) mass is 263 g/mol. The van der Waals surface area contributed by atoms with Gasteiger partial charge < -0.3 is 14.8 Å². The fourth-order valence-electron chi connectivity index (χ4n) is 2.41. The first-order chi connectivity index (χ1) is 9.90. The molecule has 0 atom stereocenters. The molecule has 0 aliphatic rings. The van der Waals surface area contributed by atoms with Gasteiger partial charge in [0.05, 0.1) is 6.54 Å². The number of benzene rings is 2. The van der Waals surface area contributed by atoms with Crippen molar-refractivity contribution in [3.8, 4) is 0 Å². The van der Waals surface area contributed by atoms with E-state index in [0.717, 1.165) is 27.9 Å². The Balaban J connectivity index is 1.60. The number of nitrogens with zero attached hydrogens (tertiary/aromatic N) is 1. The van der Waals surface area contributed by atoms with Crippen LogP contribution in [0.5, 0.6) is 0 Å². The molecule has 2 aromatic carbocycles. The van der Waals surface area contributed by atoms with Gasteiger partial charge in [-0.25, -0.2) is 0 Å². The SMILES string of the molecule is c1ccc2c(CNc3ccc4cc[nH]c4c3)noc2c1. The number of nitrogens with one attached hydrogen (secondary N) is 2. The van der Waals surface area contributed by atoms with Crippen LogP contribution in [-0.2, 0) is 6.54 Å². The van der Waals surface area contributed by atoms with Gasteiger partial charge in [-0.15, -0.1) is 0 Å². The maximum Gasteiger partial charge on any atom is 0.167 e. The van der Waals surface area contributed by atoms with E-state index in [0.29, 0.717) is 6.54 Å². The molecule has 0 aliphatic carbocycles. The molecule has 4 nitrogen and oxygen atoms in total. The van der Waals surface area contributed by atoms with Crippen LogP contribution in [0.25, 0.3) is 21.9 Å². The summed E-state index contributed by atoms with van der Waals surface area (Å²) in [6.45, 7) is 0.642. The maximum atomic E-state index is 5.30. The van der Waals surface area contributed by atoms with Crippen molar-refractivity contribution in [2.75, 3.05) is 5.32 Å². The smallest absolute Gasteiger partial charge is 0.167 e. The van der Waals surface area contributed by atoms with Crippen LogP contribution in [0.1, 0.15) is 5.69 Å². The van der Waals surface area contributed by atoms with E-state index in [1.807, 2.05) is 30.5 Å². The van der Waals surface area contributed by atoms with Gasteiger partial charge in [-0.3, -0.25) is 0 Å². The van der Waals surface area contributed by atoms with Crippen molar-refractivity contribution >= 4 is 27.6 Å². The summed E-state index contributed by atoms with van der Waals surface area (Å²) < 4.78 is 5.30. The van der Waals surface area contributed by atoms with E-state index >= 15 is 0 Å². The molecule has 2 N–H and O–H groups in total. The van der Waals surface area contributed by atoms with Gasteiger partial charge in [0.25, 0.3) is 0 Å². The molecule has 4 aromatic rings. The molecule has 0 radical (unpaired) electrons. The summed E-state index contributed by atoms with van der Waals surface area (Å²) in [4.78, 5) is 3.21. The number of para-hydroxylation sites is 1. The summed E-state index contributed by atoms with van der Waals surface area (Å²) in [6, 6.07) is 16.2. The quantitative estimate of drug-likeness (QED) is 0.589. The highest BCUT2D eigenvalue weighted by molar-refractivity contribution is 5.83. The lowest BCUT2D eigenvalue weighted by Crippen LogP contribution is -1.99. The van der Waals surface area contributed by atoms with Crippen LogP contribution in [0.4, 0.5) is 5.69 Å². The van der Waals surface area contributed by atoms with Crippen molar-refractivity contribution in [1.29, 1.82) is 0 Å². The number of anilines is 1. The molecule has 4 rings (SSSR count). The molecule has 0 bridgehead atoms. The molecular weight excluding hydrogens is 250 g/mol. The van der Waals surface area contributed by atoms with Crippen LogP contribution < -0.4 is 5.32 Å². The van der Waals surface area contributed by atoms with Gasteiger partial charge in [-0.1, -0.05) is 23.4 Å². The lowest BCUT2D eigenvalue weighted by Gasteiger charge is -2.04. The molecule has 98 valence electrons. The first-order valence-corrected chi connectivity index (χ1v) is 6.54. The Bertz CT molecular complexity index is 875. The molecule has 0 saturated carbocycles. The summed E-state index contributed by atoms with van der Waals surface area (Å²) in [5, 5.41) is 9.76. The molecule has 0 fully saturated rings. The fourth-order valence-corrected chi connectivity index (χ4v) is 2.41. The first-order valence-electron chi connectivity index (χ1n) is 6.54. The Kier molecular flexibility index (Phi) is 2.45. The molecule has 0 aliphatic heterocycles. The van der Waals surface area contributed by atoms with E-state index in [2.05, 4.69) is 39.7 Å². The summed E-state index contributed by atoms with van der Waals surface area (Å²) in [5.41, 5.74) is 3.93. The van der Waals surface area contributed by atoms with Crippen LogP contribution in [0.3, 0.4) is 0 Å². The third-order valence-corrected chi connectivity index (χ3v) is 3.47. The largest absolute Gasteiger partial charge is 0.379 e. The Morgan fingerprint density at radius 1 is 1.10 bits per heavy atom. The number of aromatic amines is 1. The second-order valence-corrected chi connectivity index (χ2v) is 4.76. The Hall–Kier alpha value is -2.75. The van der Waals surface area contributed by atoms with Gasteiger partial charge in [0.15, 0.2) is 5.58 Å². The van der Waals surface area contributed by atoms with Crippen LogP contribution >= 0.6 is 0 Å². The number of rotatable bonds is 3. The standard InChI is InChI=1S/C16H13N3O/c1-2-4-16-13(3-1)15(19-20-16)10-18-12-6-5-11-7-8-17-14(11)9-12/h1-9,17-18H,10H2. The van der Waals surface area contributed by atoms with Gasteiger partial charge in [-0.05, 0) is 35.7 Å². The zero-order chi connectivity index (χ0) is 13.4. The van der Waals surface area contributed by atoms with E-state index < -0.39 is 0 Å². The average Bonchev–Trinajstić information content (AvgIpc) is 3.11. The van der Waals surface area contributed by atoms with Crippen molar-refractivity contribution in [1.82, 2.24) is 10.1 Å². The minimum absolute atomic E-state index is 0.642. The van der Waals surface area contributed by atoms with E-state index in [1.165, 1.54) is 5.39 Å². The highest BCUT2D eigenvalue weighted by Gasteiger charge is 2.06. The third kappa shape index (κ3) is 1.82. The van der Waals surface area contributed by atoms with Crippen LogP contribution in [0.2, 0.25) is 0 Å². The highest BCUT2D eigenvalue weighted by Crippen LogP contribution is 2.21. The van der Waals surface area contributed by atoms with Crippen molar-refractivity contribution < 1.29 is 4.52 Å². The lowest BCUT2D eigenvalue weighted by atomic mass is 10.2. The molecule has 2 aromatic heterocycles. The molecule has 0 unspecified atom stereocenters. The summed E-state index contributed by atoms with van der Waals surface area (Å²) in [6.07, 6.45) is 1.94. The number of H-pyrrole nitrogens is 1. The van der Waals surface area contributed by atoms with Gasteiger partial charge >= 0.3 is 0 Å².